The molecule has 0 spiro atoms. The van der Waals surface area contributed by atoms with Crippen LogP contribution < -0.4 is 4.90 Å². The Morgan fingerprint density at radius 3 is 2.38 bits per heavy atom. The highest BCUT2D eigenvalue weighted by Crippen LogP contribution is 2.20. The van der Waals surface area contributed by atoms with E-state index < -0.39 is 0 Å². The van der Waals surface area contributed by atoms with Gasteiger partial charge in [0.05, 0.1) is 5.69 Å². The molecule has 16 heavy (non-hydrogen) atoms. The lowest BCUT2D eigenvalue weighted by Crippen LogP contribution is -2.29. The first kappa shape index (κ1) is 13.5. The Morgan fingerprint density at radius 2 is 1.88 bits per heavy atom. The maximum Gasteiger partial charge on any atom is 0.146 e. The molecular formula is C12H18BrFN2. The molecule has 0 N–H and O–H groups in total. The van der Waals surface area contributed by atoms with Gasteiger partial charge in [0.15, 0.2) is 0 Å². The Kier molecular flexibility index (Phi) is 5.22. The first-order chi connectivity index (χ1) is 7.54. The Hall–Kier alpha value is -0.610. The molecule has 0 unspecified atom stereocenters. The quantitative estimate of drug-likeness (QED) is 0.769. The predicted octanol–water partition coefficient (Wildman–Crippen LogP) is 2.72. The molecule has 0 aliphatic carbocycles. The summed E-state index contributed by atoms with van der Waals surface area (Å²) in [5.74, 6) is -0.154. The van der Waals surface area contributed by atoms with Crippen LogP contribution >= 0.6 is 15.9 Å². The molecule has 0 aliphatic heterocycles. The second kappa shape index (κ2) is 6.21. The zero-order valence-corrected chi connectivity index (χ0v) is 11.6. The summed E-state index contributed by atoms with van der Waals surface area (Å²) in [4.78, 5) is 4.02. The molecule has 1 rings (SSSR count). The minimum Gasteiger partial charge on any atom is -0.371 e. The highest BCUT2D eigenvalue weighted by Gasteiger charge is 2.08. The maximum atomic E-state index is 13.7. The zero-order valence-electron chi connectivity index (χ0n) is 10.0. The van der Waals surface area contributed by atoms with Gasteiger partial charge in [0.25, 0.3) is 0 Å². The summed E-state index contributed by atoms with van der Waals surface area (Å²) in [6, 6.07) is 5.36. The smallest absolute Gasteiger partial charge is 0.146 e. The van der Waals surface area contributed by atoms with Crippen molar-refractivity contribution in [3.05, 3.63) is 29.6 Å². The molecule has 0 bridgehead atoms. The van der Waals surface area contributed by atoms with Gasteiger partial charge < -0.3 is 9.80 Å². The second-order valence-corrected chi connectivity index (χ2v) is 4.70. The van der Waals surface area contributed by atoms with E-state index in [9.17, 15) is 4.39 Å². The molecular weight excluding hydrogens is 271 g/mol. The topological polar surface area (TPSA) is 6.48 Å². The summed E-state index contributed by atoms with van der Waals surface area (Å²) < 4.78 is 13.7. The molecule has 0 aliphatic rings. The molecule has 0 saturated carbocycles. The van der Waals surface area contributed by atoms with Crippen molar-refractivity contribution in [2.45, 2.75) is 5.33 Å². The summed E-state index contributed by atoms with van der Waals surface area (Å²) in [6.07, 6.45) is 0. The van der Waals surface area contributed by atoms with Gasteiger partial charge in [-0.2, -0.15) is 0 Å². The molecule has 0 radical (unpaired) electrons. The van der Waals surface area contributed by atoms with E-state index in [2.05, 4.69) is 20.8 Å². The Balaban J connectivity index is 2.71. The number of halogens is 2. The van der Waals surface area contributed by atoms with Crippen LogP contribution in [0.4, 0.5) is 10.1 Å². The van der Waals surface area contributed by atoms with Crippen molar-refractivity contribution >= 4 is 21.6 Å². The fraction of sp³-hybridized carbons (Fsp3) is 0.500. The Labute approximate surface area is 105 Å². The fourth-order valence-electron chi connectivity index (χ4n) is 1.41. The molecule has 1 aromatic carbocycles. The molecule has 2 nitrogen and oxygen atoms in total. The van der Waals surface area contributed by atoms with Gasteiger partial charge in [-0.25, -0.2) is 4.39 Å². The number of likely N-dealkylation sites (N-methyl/N-ethyl adjacent to an activating group) is 2. The normalized spacial score (nSPS) is 10.9. The van der Waals surface area contributed by atoms with Crippen LogP contribution in [0.5, 0.6) is 0 Å². The van der Waals surface area contributed by atoms with Crippen molar-refractivity contribution < 1.29 is 4.39 Å². The van der Waals surface area contributed by atoms with Crippen molar-refractivity contribution in [1.29, 1.82) is 0 Å². The zero-order chi connectivity index (χ0) is 12.1. The molecule has 0 amide bonds. The van der Waals surface area contributed by atoms with Gasteiger partial charge in [-0.15, -0.1) is 0 Å². The first-order valence-corrected chi connectivity index (χ1v) is 6.37. The van der Waals surface area contributed by atoms with Crippen molar-refractivity contribution in [1.82, 2.24) is 4.90 Å². The van der Waals surface area contributed by atoms with E-state index in [1.54, 1.807) is 6.07 Å². The molecule has 4 heteroatoms. The average Bonchev–Trinajstić information content (AvgIpc) is 2.25. The minimum absolute atomic E-state index is 0.154. The van der Waals surface area contributed by atoms with Crippen LogP contribution in [0.15, 0.2) is 18.2 Å². The fourth-order valence-corrected chi connectivity index (χ4v) is 1.76. The third kappa shape index (κ3) is 3.76. The van der Waals surface area contributed by atoms with Gasteiger partial charge in [-0.1, -0.05) is 22.0 Å². The van der Waals surface area contributed by atoms with Crippen LogP contribution in [0.25, 0.3) is 0 Å². The number of benzene rings is 1. The number of rotatable bonds is 5. The Bertz CT molecular complexity index is 342. The van der Waals surface area contributed by atoms with E-state index in [1.807, 2.05) is 38.2 Å². The largest absolute Gasteiger partial charge is 0.371 e. The summed E-state index contributed by atoms with van der Waals surface area (Å²) in [7, 11) is 5.94. The van der Waals surface area contributed by atoms with E-state index in [4.69, 9.17) is 0 Å². The van der Waals surface area contributed by atoms with Crippen molar-refractivity contribution in [3.8, 4) is 0 Å². The summed E-state index contributed by atoms with van der Waals surface area (Å²) >= 11 is 3.32. The van der Waals surface area contributed by atoms with Crippen LogP contribution in [0.2, 0.25) is 0 Å². The SMILES string of the molecule is CN(C)CCN(C)c1ccc(CBr)cc1F. The molecule has 0 saturated heterocycles. The van der Waals surface area contributed by atoms with Gasteiger partial charge in [-0.05, 0) is 31.8 Å². The number of alkyl halides is 1. The highest BCUT2D eigenvalue weighted by molar-refractivity contribution is 9.08. The maximum absolute atomic E-state index is 13.7. The highest BCUT2D eigenvalue weighted by atomic mass is 79.9. The Morgan fingerprint density at radius 1 is 1.19 bits per heavy atom. The predicted molar refractivity (Wildman–Crippen MR) is 70.9 cm³/mol. The third-order valence-corrected chi connectivity index (χ3v) is 3.11. The monoisotopic (exact) mass is 288 g/mol. The number of nitrogens with zero attached hydrogens (tertiary/aromatic N) is 2. The van der Waals surface area contributed by atoms with E-state index in [1.165, 1.54) is 0 Å². The second-order valence-electron chi connectivity index (χ2n) is 4.14. The van der Waals surface area contributed by atoms with Crippen LogP contribution in [-0.4, -0.2) is 39.1 Å². The lowest BCUT2D eigenvalue weighted by molar-refractivity contribution is 0.416. The number of hydrogen-bond acceptors (Lipinski definition) is 2. The number of anilines is 1. The minimum atomic E-state index is -0.154. The van der Waals surface area contributed by atoms with Crippen LogP contribution in [0.3, 0.4) is 0 Å². The van der Waals surface area contributed by atoms with Crippen molar-refractivity contribution in [2.24, 2.45) is 0 Å². The first-order valence-electron chi connectivity index (χ1n) is 5.25. The van der Waals surface area contributed by atoms with E-state index in [0.717, 1.165) is 18.7 Å². The van der Waals surface area contributed by atoms with E-state index in [0.29, 0.717) is 11.0 Å². The van der Waals surface area contributed by atoms with Crippen LogP contribution in [-0.2, 0) is 5.33 Å². The standard InChI is InChI=1S/C12H18BrFN2/c1-15(2)6-7-16(3)12-5-4-10(9-13)8-11(12)14/h4-5,8H,6-7,9H2,1-3H3. The third-order valence-electron chi connectivity index (χ3n) is 2.46. The lowest BCUT2D eigenvalue weighted by Gasteiger charge is -2.22. The van der Waals surface area contributed by atoms with Crippen molar-refractivity contribution in [2.75, 3.05) is 39.1 Å². The average molecular weight is 289 g/mol. The molecule has 0 heterocycles. The summed E-state index contributed by atoms with van der Waals surface area (Å²) in [5, 5.41) is 0.686. The molecule has 90 valence electrons. The molecule has 1 aromatic rings. The lowest BCUT2D eigenvalue weighted by atomic mass is 10.2. The van der Waals surface area contributed by atoms with Crippen molar-refractivity contribution in [3.63, 3.8) is 0 Å². The molecule has 0 atom stereocenters. The molecule has 0 fully saturated rings. The van der Waals surface area contributed by atoms with Gasteiger partial charge in [0, 0.05) is 25.5 Å². The van der Waals surface area contributed by atoms with Gasteiger partial charge in [-0.3, -0.25) is 0 Å². The summed E-state index contributed by atoms with van der Waals surface area (Å²) in [6.45, 7) is 1.73. The molecule has 0 aromatic heterocycles. The van der Waals surface area contributed by atoms with Crippen LogP contribution in [0, 0.1) is 5.82 Å². The van der Waals surface area contributed by atoms with E-state index >= 15 is 0 Å². The summed E-state index contributed by atoms with van der Waals surface area (Å²) in [5.41, 5.74) is 1.62. The van der Waals surface area contributed by atoms with Gasteiger partial charge >= 0.3 is 0 Å². The number of hydrogen-bond donors (Lipinski definition) is 0. The van der Waals surface area contributed by atoms with E-state index in [-0.39, 0.29) is 5.82 Å². The van der Waals surface area contributed by atoms with Gasteiger partial charge in [0.1, 0.15) is 5.82 Å². The van der Waals surface area contributed by atoms with Crippen LogP contribution in [0.1, 0.15) is 5.56 Å². The van der Waals surface area contributed by atoms with Gasteiger partial charge in [0.2, 0.25) is 0 Å².